The van der Waals surface area contributed by atoms with Crippen LogP contribution in [0.25, 0.3) is 11.1 Å². The van der Waals surface area contributed by atoms with E-state index in [2.05, 4.69) is 15.6 Å². The van der Waals surface area contributed by atoms with Crippen LogP contribution in [0, 0.1) is 0 Å². The fourth-order valence-corrected chi connectivity index (χ4v) is 2.76. The molecular weight excluding hydrogens is 374 g/mol. The Balaban J connectivity index is 1.40. The summed E-state index contributed by atoms with van der Waals surface area (Å²) in [6.07, 6.45) is 0. The van der Waals surface area contributed by atoms with Crippen LogP contribution in [0.3, 0.4) is 0 Å². The second-order valence-corrected chi connectivity index (χ2v) is 6.25. The van der Waals surface area contributed by atoms with Crippen molar-refractivity contribution in [1.29, 1.82) is 0 Å². The Bertz CT molecular complexity index is 1110. The van der Waals surface area contributed by atoms with Crippen LogP contribution >= 0.6 is 12.2 Å². The van der Waals surface area contributed by atoms with E-state index in [1.165, 1.54) is 0 Å². The van der Waals surface area contributed by atoms with Crippen molar-refractivity contribution in [3.05, 3.63) is 84.8 Å². The number of benzene rings is 3. The Hall–Kier alpha value is -3.71. The third-order valence-corrected chi connectivity index (χ3v) is 3.99. The lowest BCUT2D eigenvalue weighted by Crippen LogP contribution is -2.34. The van der Waals surface area contributed by atoms with Gasteiger partial charge in [-0.25, -0.2) is 4.98 Å². The number of fused-ring (bicyclic) bond motifs is 1. The number of amides is 1. The zero-order valence-corrected chi connectivity index (χ0v) is 15.4. The number of nitrogens with one attached hydrogen (secondary N) is 2. The fourth-order valence-electron chi connectivity index (χ4n) is 2.55. The fraction of sp³-hybridized carbons (Fsp3) is 0. The summed E-state index contributed by atoms with van der Waals surface area (Å²) < 4.78 is 11.2. The smallest absolute Gasteiger partial charge is 0.313 e. The van der Waals surface area contributed by atoms with Crippen molar-refractivity contribution in [1.82, 2.24) is 10.3 Å². The van der Waals surface area contributed by atoms with E-state index in [1.54, 1.807) is 18.2 Å². The predicted molar refractivity (Wildman–Crippen MR) is 111 cm³/mol. The van der Waals surface area contributed by atoms with Crippen LogP contribution in [0.5, 0.6) is 11.5 Å². The molecule has 138 valence electrons. The monoisotopic (exact) mass is 389 g/mol. The minimum atomic E-state index is -0.523. The van der Waals surface area contributed by atoms with Crippen LogP contribution < -0.4 is 15.4 Å². The lowest BCUT2D eigenvalue weighted by Gasteiger charge is -2.10. The van der Waals surface area contributed by atoms with E-state index in [0.717, 1.165) is 5.75 Å². The molecule has 0 saturated heterocycles. The molecule has 28 heavy (non-hydrogen) atoms. The normalized spacial score (nSPS) is 10.4. The highest BCUT2D eigenvalue weighted by Gasteiger charge is 2.15. The second kappa shape index (κ2) is 7.89. The van der Waals surface area contributed by atoms with Gasteiger partial charge in [-0.15, -0.1) is 0 Å². The van der Waals surface area contributed by atoms with Gasteiger partial charge < -0.3 is 14.5 Å². The van der Waals surface area contributed by atoms with Gasteiger partial charge in [0, 0.05) is 11.8 Å². The van der Waals surface area contributed by atoms with Crippen LogP contribution in [0.4, 0.5) is 5.69 Å². The van der Waals surface area contributed by atoms with Crippen LogP contribution in [-0.4, -0.2) is 16.0 Å². The Morgan fingerprint density at radius 3 is 2.50 bits per heavy atom. The molecule has 1 heterocycles. The number of anilines is 1. The maximum atomic E-state index is 12.3. The van der Waals surface area contributed by atoms with Gasteiger partial charge in [0.2, 0.25) is 0 Å². The van der Waals surface area contributed by atoms with Crippen molar-refractivity contribution >= 4 is 40.0 Å². The second-order valence-electron chi connectivity index (χ2n) is 5.84. The molecule has 0 unspecified atom stereocenters. The maximum Gasteiger partial charge on any atom is 0.313 e. The zero-order valence-electron chi connectivity index (χ0n) is 14.6. The quantitative estimate of drug-likeness (QED) is 0.491. The van der Waals surface area contributed by atoms with Gasteiger partial charge in [0.25, 0.3) is 5.89 Å². The van der Waals surface area contributed by atoms with Crippen LogP contribution in [0.2, 0.25) is 0 Å². The molecule has 7 heteroatoms. The topological polar surface area (TPSA) is 76.4 Å². The van der Waals surface area contributed by atoms with E-state index in [0.29, 0.717) is 22.5 Å². The van der Waals surface area contributed by atoms with Crippen molar-refractivity contribution in [2.75, 3.05) is 5.32 Å². The number of carbonyl (C=O) groups excluding carboxylic acids is 1. The molecule has 2 N–H and O–H groups in total. The number of oxazole rings is 1. The van der Waals surface area contributed by atoms with E-state index < -0.39 is 5.91 Å². The molecule has 0 bridgehead atoms. The van der Waals surface area contributed by atoms with Gasteiger partial charge >= 0.3 is 5.91 Å². The van der Waals surface area contributed by atoms with Crippen LogP contribution in [0.15, 0.2) is 83.3 Å². The van der Waals surface area contributed by atoms with E-state index >= 15 is 0 Å². The molecule has 0 atom stereocenters. The molecule has 0 aliphatic carbocycles. The minimum absolute atomic E-state index is 0.0495. The molecule has 4 aromatic rings. The third kappa shape index (κ3) is 4.16. The summed E-state index contributed by atoms with van der Waals surface area (Å²) in [5.41, 5.74) is 1.82. The Labute approximate surface area is 166 Å². The molecule has 0 radical (unpaired) electrons. The SMILES string of the molecule is O=C(NC(=S)Nc1cccc(Oc2ccccc2)c1)c1nc2ccccc2o1. The van der Waals surface area contributed by atoms with E-state index in [9.17, 15) is 4.79 Å². The number of ether oxygens (including phenoxy) is 1. The Morgan fingerprint density at radius 2 is 1.68 bits per heavy atom. The van der Waals surface area contributed by atoms with Crippen molar-refractivity contribution in [3.8, 4) is 11.5 Å². The van der Waals surface area contributed by atoms with Gasteiger partial charge in [0.1, 0.15) is 17.0 Å². The number of rotatable bonds is 4. The number of para-hydroxylation sites is 3. The number of hydrogen-bond donors (Lipinski definition) is 2. The summed E-state index contributed by atoms with van der Waals surface area (Å²) in [6.45, 7) is 0. The van der Waals surface area contributed by atoms with Crippen molar-refractivity contribution in [2.24, 2.45) is 0 Å². The van der Waals surface area contributed by atoms with E-state index in [4.69, 9.17) is 21.4 Å². The first kappa shape index (κ1) is 17.7. The molecule has 1 aromatic heterocycles. The summed E-state index contributed by atoms with van der Waals surface area (Å²) in [5, 5.41) is 5.64. The highest BCUT2D eigenvalue weighted by Crippen LogP contribution is 2.23. The average Bonchev–Trinajstić information content (AvgIpc) is 3.13. The summed E-state index contributed by atoms with van der Waals surface area (Å²) in [7, 11) is 0. The van der Waals surface area contributed by atoms with Gasteiger partial charge in [-0.05, 0) is 48.6 Å². The summed E-state index contributed by atoms with van der Waals surface area (Å²) in [5.74, 6) is 0.799. The maximum absolute atomic E-state index is 12.3. The molecule has 3 aromatic carbocycles. The zero-order chi connectivity index (χ0) is 19.3. The molecular formula is C21H15N3O3S. The standard InChI is InChI=1S/C21H15N3O3S/c25-19(20-23-17-11-4-5-12-18(17)27-20)24-21(28)22-14-7-6-10-16(13-14)26-15-8-2-1-3-9-15/h1-13H,(H2,22,24,25,28). The number of nitrogens with zero attached hydrogens (tertiary/aromatic N) is 1. The van der Waals surface area contributed by atoms with Crippen molar-refractivity contribution < 1.29 is 13.9 Å². The molecule has 0 aliphatic heterocycles. The van der Waals surface area contributed by atoms with Crippen molar-refractivity contribution in [2.45, 2.75) is 0 Å². The molecule has 0 spiro atoms. The van der Waals surface area contributed by atoms with Crippen LogP contribution in [-0.2, 0) is 0 Å². The van der Waals surface area contributed by atoms with Gasteiger partial charge in [-0.3, -0.25) is 10.1 Å². The molecule has 1 amide bonds. The van der Waals surface area contributed by atoms with E-state index in [1.807, 2.05) is 60.7 Å². The van der Waals surface area contributed by atoms with Gasteiger partial charge in [-0.2, -0.15) is 0 Å². The number of thiocarbonyl (C=S) groups is 1. The summed E-state index contributed by atoms with van der Waals surface area (Å²) in [4.78, 5) is 16.5. The van der Waals surface area contributed by atoms with Gasteiger partial charge in [-0.1, -0.05) is 36.4 Å². The Kier molecular flexibility index (Phi) is 4.99. The van der Waals surface area contributed by atoms with E-state index in [-0.39, 0.29) is 11.0 Å². The largest absolute Gasteiger partial charge is 0.457 e. The molecule has 0 fully saturated rings. The van der Waals surface area contributed by atoms with Crippen molar-refractivity contribution in [3.63, 3.8) is 0 Å². The molecule has 4 rings (SSSR count). The first-order valence-corrected chi connectivity index (χ1v) is 8.89. The predicted octanol–water partition coefficient (Wildman–Crippen LogP) is 4.75. The molecule has 0 saturated carbocycles. The lowest BCUT2D eigenvalue weighted by molar-refractivity contribution is 0.0946. The number of carbonyl (C=O) groups is 1. The summed E-state index contributed by atoms with van der Waals surface area (Å²) >= 11 is 5.21. The summed E-state index contributed by atoms with van der Waals surface area (Å²) in [6, 6.07) is 23.8. The highest BCUT2D eigenvalue weighted by atomic mass is 32.1. The van der Waals surface area contributed by atoms with Gasteiger partial charge in [0.05, 0.1) is 0 Å². The molecule has 6 nitrogen and oxygen atoms in total. The third-order valence-electron chi connectivity index (χ3n) is 3.79. The first-order valence-electron chi connectivity index (χ1n) is 8.48. The average molecular weight is 389 g/mol. The van der Waals surface area contributed by atoms with Gasteiger partial charge in [0.15, 0.2) is 10.7 Å². The number of aromatic nitrogens is 1. The minimum Gasteiger partial charge on any atom is -0.457 e. The highest BCUT2D eigenvalue weighted by molar-refractivity contribution is 7.80. The first-order chi connectivity index (χ1) is 13.7. The lowest BCUT2D eigenvalue weighted by atomic mass is 10.3. The van der Waals surface area contributed by atoms with Crippen LogP contribution in [0.1, 0.15) is 10.7 Å². The number of hydrogen-bond acceptors (Lipinski definition) is 5. The molecule has 0 aliphatic rings. The Morgan fingerprint density at radius 1 is 0.929 bits per heavy atom.